The minimum Gasteiger partial charge on any atom is -0.312 e. The van der Waals surface area contributed by atoms with Crippen molar-refractivity contribution in [2.24, 2.45) is 5.92 Å². The first-order valence-corrected chi connectivity index (χ1v) is 12.0. The average molecular weight is 438 g/mol. The molecule has 0 aliphatic carbocycles. The summed E-state index contributed by atoms with van der Waals surface area (Å²) in [7, 11) is -3.35. The highest BCUT2D eigenvalue weighted by Crippen LogP contribution is 2.23. The maximum atomic E-state index is 11.8. The second-order valence-electron chi connectivity index (χ2n) is 7.77. The van der Waals surface area contributed by atoms with Gasteiger partial charge >= 0.3 is 0 Å². The van der Waals surface area contributed by atoms with Crippen molar-refractivity contribution >= 4 is 27.7 Å². The molecular weight excluding hydrogens is 410 g/mol. The number of fused-ring (bicyclic) bond motifs is 1. The van der Waals surface area contributed by atoms with Gasteiger partial charge in [0, 0.05) is 37.6 Å². The molecule has 1 aliphatic heterocycles. The second-order valence-corrected chi connectivity index (χ2v) is 10.0. The first-order chi connectivity index (χ1) is 13.7. The number of rotatable bonds is 7. The van der Waals surface area contributed by atoms with Crippen molar-refractivity contribution in [3.05, 3.63) is 52.6 Å². The predicted octanol–water partition coefficient (Wildman–Crippen LogP) is 2.66. The summed E-state index contributed by atoms with van der Waals surface area (Å²) in [5.41, 5.74) is 1.08. The molecule has 2 aromatic rings. The van der Waals surface area contributed by atoms with Gasteiger partial charge in [0.05, 0.1) is 12.3 Å². The summed E-state index contributed by atoms with van der Waals surface area (Å²) in [6, 6.07) is 9.62. The van der Waals surface area contributed by atoms with E-state index in [4.69, 9.17) is 11.6 Å². The summed E-state index contributed by atoms with van der Waals surface area (Å²) < 4.78 is 28.4. The highest BCUT2D eigenvalue weighted by molar-refractivity contribution is 7.88. The lowest BCUT2D eigenvalue weighted by molar-refractivity contribution is 0.303. The number of benzene rings is 1. The summed E-state index contributed by atoms with van der Waals surface area (Å²) in [6.45, 7) is 6.92. The van der Waals surface area contributed by atoms with Crippen LogP contribution >= 0.6 is 11.6 Å². The molecule has 1 aliphatic rings. The van der Waals surface area contributed by atoms with Crippen LogP contribution < -0.4 is 4.72 Å². The molecule has 2 heterocycles. The van der Waals surface area contributed by atoms with Crippen LogP contribution in [0.15, 0.2) is 35.4 Å². The number of hydrogen-bond acceptors (Lipinski definition) is 5. The van der Waals surface area contributed by atoms with Gasteiger partial charge in [0.25, 0.3) is 0 Å². The Morgan fingerprint density at radius 1 is 1.21 bits per heavy atom. The van der Waals surface area contributed by atoms with Gasteiger partial charge in [-0.05, 0) is 17.6 Å². The molecular formula is C20H28ClN5O2S. The van der Waals surface area contributed by atoms with Crippen molar-refractivity contribution in [2.75, 3.05) is 25.9 Å². The molecule has 0 saturated heterocycles. The molecule has 1 aromatic carbocycles. The van der Waals surface area contributed by atoms with Crippen molar-refractivity contribution in [3.8, 4) is 0 Å². The molecule has 1 aromatic heterocycles. The Morgan fingerprint density at radius 3 is 2.59 bits per heavy atom. The number of aromatic nitrogens is 3. The van der Waals surface area contributed by atoms with E-state index < -0.39 is 16.1 Å². The molecule has 1 unspecified atom stereocenters. The van der Waals surface area contributed by atoms with Crippen molar-refractivity contribution in [2.45, 2.75) is 32.9 Å². The second kappa shape index (κ2) is 9.38. The Morgan fingerprint density at radius 2 is 1.93 bits per heavy atom. The van der Waals surface area contributed by atoms with Crippen LogP contribution in [-0.4, -0.2) is 54.0 Å². The number of halogens is 1. The van der Waals surface area contributed by atoms with E-state index in [9.17, 15) is 8.42 Å². The molecule has 0 fully saturated rings. The van der Waals surface area contributed by atoms with Gasteiger partial charge in [-0.2, -0.15) is 0 Å². The summed E-state index contributed by atoms with van der Waals surface area (Å²) in [5.74, 6) is 1.61. The molecule has 0 radical (unpaired) electrons. The van der Waals surface area contributed by atoms with Crippen LogP contribution in [-0.2, 0) is 23.0 Å². The minimum atomic E-state index is -3.35. The van der Waals surface area contributed by atoms with E-state index in [0.717, 1.165) is 35.9 Å². The van der Waals surface area contributed by atoms with Gasteiger partial charge in [0.15, 0.2) is 5.82 Å². The smallest absolute Gasteiger partial charge is 0.209 e. The van der Waals surface area contributed by atoms with E-state index in [0.29, 0.717) is 18.9 Å². The molecule has 0 amide bonds. The molecule has 0 saturated carbocycles. The normalized spacial score (nSPS) is 17.2. The number of nitrogens with zero attached hydrogens (tertiary/aromatic N) is 4. The highest BCUT2D eigenvalue weighted by atomic mass is 35.5. The lowest BCUT2D eigenvalue weighted by atomic mass is 10.1. The van der Waals surface area contributed by atoms with Gasteiger partial charge in [-0.25, -0.2) is 13.1 Å². The zero-order valence-corrected chi connectivity index (χ0v) is 18.6. The Kier molecular flexibility index (Phi) is 7.10. The molecule has 1 atom stereocenters. The Bertz CT molecular complexity index is 957. The SMILES string of the molecule is CC(C)C(NS(C)(=O)=O)c1nnc2n1CCN(C/C(Cl)=C/c1ccccc1)CC2. The number of sulfonamides is 1. The number of hydrogen-bond donors (Lipinski definition) is 1. The van der Waals surface area contributed by atoms with E-state index in [1.807, 2.05) is 50.3 Å². The molecule has 158 valence electrons. The highest BCUT2D eigenvalue weighted by Gasteiger charge is 2.28. The molecule has 1 N–H and O–H groups in total. The van der Waals surface area contributed by atoms with Crippen LogP contribution in [0, 0.1) is 5.92 Å². The molecule has 29 heavy (non-hydrogen) atoms. The zero-order valence-electron chi connectivity index (χ0n) is 17.0. The maximum Gasteiger partial charge on any atom is 0.209 e. The summed E-state index contributed by atoms with van der Waals surface area (Å²) in [6.07, 6.45) is 3.90. The molecule has 3 rings (SSSR count). The molecule has 0 bridgehead atoms. The minimum absolute atomic E-state index is 0.0561. The molecule has 9 heteroatoms. The van der Waals surface area contributed by atoms with Crippen LogP contribution in [0.4, 0.5) is 0 Å². The third-order valence-corrected chi connectivity index (χ3v) is 5.84. The first kappa shape index (κ1) is 22.0. The van der Waals surface area contributed by atoms with E-state index in [-0.39, 0.29) is 5.92 Å². The van der Waals surface area contributed by atoms with Gasteiger partial charge in [-0.3, -0.25) is 4.90 Å². The van der Waals surface area contributed by atoms with Crippen LogP contribution in [0.1, 0.15) is 37.1 Å². The monoisotopic (exact) mass is 437 g/mol. The van der Waals surface area contributed by atoms with E-state index in [2.05, 4.69) is 24.4 Å². The lowest BCUT2D eigenvalue weighted by Crippen LogP contribution is -2.34. The molecule has 0 spiro atoms. The summed E-state index contributed by atoms with van der Waals surface area (Å²) in [5, 5.41) is 9.44. The van der Waals surface area contributed by atoms with Gasteiger partial charge in [0.2, 0.25) is 10.0 Å². The average Bonchev–Trinajstić information content (AvgIpc) is 2.94. The van der Waals surface area contributed by atoms with Crippen molar-refractivity contribution < 1.29 is 8.42 Å². The first-order valence-electron chi connectivity index (χ1n) is 9.75. The Hall–Kier alpha value is -1.74. The van der Waals surface area contributed by atoms with Crippen molar-refractivity contribution in [1.29, 1.82) is 0 Å². The van der Waals surface area contributed by atoms with E-state index in [1.165, 1.54) is 6.26 Å². The molecule has 7 nitrogen and oxygen atoms in total. The third-order valence-electron chi connectivity index (χ3n) is 4.93. The summed E-state index contributed by atoms with van der Waals surface area (Å²) >= 11 is 6.49. The fourth-order valence-electron chi connectivity index (χ4n) is 3.48. The third kappa shape index (κ3) is 6.12. The zero-order chi connectivity index (χ0) is 21.0. The quantitative estimate of drug-likeness (QED) is 0.720. The van der Waals surface area contributed by atoms with Gasteiger partial charge in [-0.1, -0.05) is 55.8 Å². The van der Waals surface area contributed by atoms with E-state index in [1.54, 1.807) is 0 Å². The largest absolute Gasteiger partial charge is 0.312 e. The van der Waals surface area contributed by atoms with Crippen LogP contribution in [0.2, 0.25) is 0 Å². The fourth-order valence-corrected chi connectivity index (χ4v) is 4.62. The predicted molar refractivity (Wildman–Crippen MR) is 116 cm³/mol. The van der Waals surface area contributed by atoms with Gasteiger partial charge < -0.3 is 4.57 Å². The van der Waals surface area contributed by atoms with Crippen LogP contribution in [0.5, 0.6) is 0 Å². The Labute approximate surface area is 177 Å². The van der Waals surface area contributed by atoms with Gasteiger partial charge in [0.1, 0.15) is 5.82 Å². The van der Waals surface area contributed by atoms with Crippen molar-refractivity contribution in [3.63, 3.8) is 0 Å². The number of nitrogens with one attached hydrogen (secondary N) is 1. The van der Waals surface area contributed by atoms with Gasteiger partial charge in [-0.15, -0.1) is 10.2 Å². The van der Waals surface area contributed by atoms with E-state index >= 15 is 0 Å². The Balaban J connectivity index is 1.71. The van der Waals surface area contributed by atoms with Crippen LogP contribution in [0.3, 0.4) is 0 Å². The lowest BCUT2D eigenvalue weighted by Gasteiger charge is -2.22. The van der Waals surface area contributed by atoms with Crippen LogP contribution in [0.25, 0.3) is 6.08 Å². The maximum absolute atomic E-state index is 11.8. The fraction of sp³-hybridized carbons (Fsp3) is 0.500. The van der Waals surface area contributed by atoms with Crippen molar-refractivity contribution in [1.82, 2.24) is 24.4 Å². The summed E-state index contributed by atoms with van der Waals surface area (Å²) in [4.78, 5) is 2.29. The standard InChI is InChI=1S/C20H28ClN5O2S/c1-15(2)19(24-29(3,27)28)20-23-22-18-9-10-25(11-12-26(18)20)14-17(21)13-16-7-5-4-6-8-16/h4-8,13,15,19,24H,9-12,14H2,1-3H3/b17-13-. The topological polar surface area (TPSA) is 80.1 Å².